The van der Waals surface area contributed by atoms with Crippen molar-refractivity contribution in [3.05, 3.63) is 23.7 Å². The van der Waals surface area contributed by atoms with Gasteiger partial charge in [-0.3, -0.25) is 4.79 Å². The first-order chi connectivity index (χ1) is 7.75. The maximum atomic E-state index is 11.6. The molecule has 0 aliphatic heterocycles. The largest absolute Gasteiger partial charge is 0.459 e. The fourth-order valence-electron chi connectivity index (χ4n) is 1.46. The highest BCUT2D eigenvalue weighted by Gasteiger charge is 2.10. The minimum Gasteiger partial charge on any atom is -0.459 e. The van der Waals surface area contributed by atoms with Crippen molar-refractivity contribution in [1.29, 1.82) is 0 Å². The first kappa shape index (κ1) is 13.3. The van der Waals surface area contributed by atoms with Crippen LogP contribution in [0.4, 0.5) is 0 Å². The number of amides is 1. The highest BCUT2D eigenvalue weighted by molar-refractivity contribution is 9.09. The Morgan fingerprint density at radius 3 is 2.75 bits per heavy atom. The van der Waals surface area contributed by atoms with Crippen LogP contribution in [0.5, 0.6) is 0 Å². The summed E-state index contributed by atoms with van der Waals surface area (Å²) in [6.45, 7) is 2.59. The maximum Gasteiger partial charge on any atom is 0.287 e. The Hall–Kier alpha value is -0.770. The molecule has 0 aliphatic rings. The highest BCUT2D eigenvalue weighted by atomic mass is 79.9. The van der Waals surface area contributed by atoms with Crippen LogP contribution in [-0.4, -0.2) is 17.8 Å². The summed E-state index contributed by atoms with van der Waals surface area (Å²) in [6, 6.07) is 1.80. The van der Waals surface area contributed by atoms with Crippen LogP contribution in [0.1, 0.15) is 41.8 Å². The van der Waals surface area contributed by atoms with E-state index in [1.165, 1.54) is 12.8 Å². The monoisotopic (exact) mass is 287 g/mol. The number of alkyl halides is 1. The van der Waals surface area contributed by atoms with Gasteiger partial charge >= 0.3 is 0 Å². The molecule has 0 radical (unpaired) electrons. The lowest BCUT2D eigenvalue weighted by Gasteiger charge is -2.03. The van der Waals surface area contributed by atoms with E-state index in [9.17, 15) is 4.79 Å². The van der Waals surface area contributed by atoms with Crippen molar-refractivity contribution in [1.82, 2.24) is 5.32 Å². The molecule has 1 aromatic heterocycles. The zero-order valence-corrected chi connectivity index (χ0v) is 11.2. The second kappa shape index (κ2) is 7.49. The predicted octanol–water partition coefficient (Wildman–Crippen LogP) is 3.27. The van der Waals surface area contributed by atoms with E-state index in [1.54, 1.807) is 12.3 Å². The molecule has 1 N–H and O–H groups in total. The molecule has 0 saturated heterocycles. The van der Waals surface area contributed by atoms with Crippen LogP contribution >= 0.6 is 15.9 Å². The number of rotatable bonds is 7. The standard InChI is InChI=1S/C12H18BrNO2/c1-10-6-9-16-11(10)12(15)14-8-5-3-2-4-7-13/h6,9H,2-5,7-8H2,1H3,(H,14,15). The normalized spacial score (nSPS) is 10.4. The zero-order chi connectivity index (χ0) is 11.8. The Kier molecular flexibility index (Phi) is 6.23. The molecule has 1 heterocycles. The van der Waals surface area contributed by atoms with Crippen molar-refractivity contribution in [2.75, 3.05) is 11.9 Å². The Morgan fingerprint density at radius 2 is 2.12 bits per heavy atom. The smallest absolute Gasteiger partial charge is 0.287 e. The minimum absolute atomic E-state index is 0.108. The first-order valence-electron chi connectivity index (χ1n) is 5.64. The summed E-state index contributed by atoms with van der Waals surface area (Å²) >= 11 is 3.39. The SMILES string of the molecule is Cc1ccoc1C(=O)NCCCCCCBr. The molecule has 1 aromatic rings. The Labute approximate surface area is 105 Å². The summed E-state index contributed by atoms with van der Waals surface area (Å²) in [5.74, 6) is 0.323. The van der Waals surface area contributed by atoms with E-state index in [2.05, 4.69) is 21.2 Å². The van der Waals surface area contributed by atoms with Crippen LogP contribution < -0.4 is 5.32 Å². The van der Waals surface area contributed by atoms with E-state index < -0.39 is 0 Å². The third-order valence-corrected chi connectivity index (χ3v) is 2.98. The molecule has 90 valence electrons. The maximum absolute atomic E-state index is 11.6. The fraction of sp³-hybridized carbons (Fsp3) is 0.583. The molecule has 0 fully saturated rings. The molecule has 1 amide bonds. The van der Waals surface area contributed by atoms with E-state index in [0.29, 0.717) is 5.76 Å². The van der Waals surface area contributed by atoms with Crippen LogP contribution in [0.2, 0.25) is 0 Å². The number of hydrogen-bond acceptors (Lipinski definition) is 2. The van der Waals surface area contributed by atoms with Crippen molar-refractivity contribution in [2.24, 2.45) is 0 Å². The van der Waals surface area contributed by atoms with Crippen LogP contribution in [0, 0.1) is 6.92 Å². The molecular weight excluding hydrogens is 270 g/mol. The van der Waals surface area contributed by atoms with E-state index in [1.807, 2.05) is 6.92 Å². The minimum atomic E-state index is -0.108. The lowest BCUT2D eigenvalue weighted by molar-refractivity contribution is 0.0924. The van der Waals surface area contributed by atoms with E-state index >= 15 is 0 Å². The number of halogens is 1. The van der Waals surface area contributed by atoms with Gasteiger partial charge in [0.05, 0.1) is 6.26 Å². The van der Waals surface area contributed by atoms with Gasteiger partial charge < -0.3 is 9.73 Å². The van der Waals surface area contributed by atoms with Gasteiger partial charge in [0.2, 0.25) is 0 Å². The zero-order valence-electron chi connectivity index (χ0n) is 9.59. The summed E-state index contributed by atoms with van der Waals surface area (Å²) in [7, 11) is 0. The quantitative estimate of drug-likeness (QED) is 0.618. The molecule has 0 atom stereocenters. The van der Waals surface area contributed by atoms with Crippen molar-refractivity contribution in [3.63, 3.8) is 0 Å². The summed E-state index contributed by atoms with van der Waals surface area (Å²) in [5, 5.41) is 3.92. The predicted molar refractivity (Wildman–Crippen MR) is 68.0 cm³/mol. The number of unbranched alkanes of at least 4 members (excludes halogenated alkanes) is 3. The molecular formula is C12H18BrNO2. The lowest BCUT2D eigenvalue weighted by Crippen LogP contribution is -2.24. The number of nitrogens with one attached hydrogen (secondary N) is 1. The number of aryl methyl sites for hydroxylation is 1. The average Bonchev–Trinajstić information content (AvgIpc) is 2.69. The van der Waals surface area contributed by atoms with Crippen LogP contribution in [-0.2, 0) is 0 Å². The van der Waals surface area contributed by atoms with Gasteiger partial charge in [-0.2, -0.15) is 0 Å². The van der Waals surface area contributed by atoms with Crippen LogP contribution in [0.15, 0.2) is 16.7 Å². The number of hydrogen-bond donors (Lipinski definition) is 1. The van der Waals surface area contributed by atoms with Crippen LogP contribution in [0.25, 0.3) is 0 Å². The summed E-state index contributed by atoms with van der Waals surface area (Å²) in [4.78, 5) is 11.6. The molecule has 3 nitrogen and oxygen atoms in total. The first-order valence-corrected chi connectivity index (χ1v) is 6.76. The lowest BCUT2D eigenvalue weighted by atomic mass is 10.2. The molecule has 0 spiro atoms. The molecule has 16 heavy (non-hydrogen) atoms. The number of carbonyl (C=O) groups excluding carboxylic acids is 1. The number of carbonyl (C=O) groups is 1. The molecule has 0 saturated carbocycles. The summed E-state index contributed by atoms with van der Waals surface area (Å²) in [5.41, 5.74) is 0.886. The molecule has 0 unspecified atom stereocenters. The van der Waals surface area contributed by atoms with Gasteiger partial charge in [0.15, 0.2) is 5.76 Å². The average molecular weight is 288 g/mol. The molecule has 0 aliphatic carbocycles. The third kappa shape index (κ3) is 4.39. The summed E-state index contributed by atoms with van der Waals surface area (Å²) in [6.07, 6.45) is 6.13. The van der Waals surface area contributed by atoms with Gasteiger partial charge in [0, 0.05) is 17.4 Å². The molecule has 1 rings (SSSR count). The Balaban J connectivity index is 2.14. The van der Waals surface area contributed by atoms with Gasteiger partial charge in [0.25, 0.3) is 5.91 Å². The van der Waals surface area contributed by atoms with Gasteiger partial charge in [-0.05, 0) is 25.8 Å². The van der Waals surface area contributed by atoms with Crippen molar-refractivity contribution in [3.8, 4) is 0 Å². The second-order valence-corrected chi connectivity index (χ2v) is 4.58. The highest BCUT2D eigenvalue weighted by Crippen LogP contribution is 2.08. The molecule has 4 heteroatoms. The molecule has 0 bridgehead atoms. The van der Waals surface area contributed by atoms with Crippen molar-refractivity contribution in [2.45, 2.75) is 32.6 Å². The molecule has 0 aromatic carbocycles. The summed E-state index contributed by atoms with van der Waals surface area (Å²) < 4.78 is 5.10. The van der Waals surface area contributed by atoms with Crippen molar-refractivity contribution >= 4 is 21.8 Å². The van der Waals surface area contributed by atoms with Crippen LogP contribution in [0.3, 0.4) is 0 Å². The Bertz CT molecular complexity index is 323. The number of furan rings is 1. The van der Waals surface area contributed by atoms with E-state index in [0.717, 1.165) is 30.3 Å². The van der Waals surface area contributed by atoms with Gasteiger partial charge in [-0.1, -0.05) is 28.8 Å². The second-order valence-electron chi connectivity index (χ2n) is 3.79. The van der Waals surface area contributed by atoms with Gasteiger partial charge in [0.1, 0.15) is 0 Å². The van der Waals surface area contributed by atoms with E-state index in [-0.39, 0.29) is 5.91 Å². The van der Waals surface area contributed by atoms with Gasteiger partial charge in [-0.15, -0.1) is 0 Å². The van der Waals surface area contributed by atoms with E-state index in [4.69, 9.17) is 4.42 Å². The third-order valence-electron chi connectivity index (χ3n) is 2.41. The fourth-order valence-corrected chi connectivity index (χ4v) is 1.86. The van der Waals surface area contributed by atoms with Gasteiger partial charge in [-0.25, -0.2) is 0 Å². The Morgan fingerprint density at radius 1 is 1.38 bits per heavy atom. The topological polar surface area (TPSA) is 42.2 Å². The van der Waals surface area contributed by atoms with Crippen molar-refractivity contribution < 1.29 is 9.21 Å².